The monoisotopic (exact) mass is 317 g/mol. The highest BCUT2D eigenvalue weighted by atomic mass is 35.5. The third-order valence-corrected chi connectivity index (χ3v) is 3.53. The van der Waals surface area contributed by atoms with Gasteiger partial charge in [-0.1, -0.05) is 29.3 Å². The number of nitrogens with one attached hydrogen (secondary N) is 2. The molecule has 0 aliphatic heterocycles. The minimum atomic E-state index is -0.0747. The summed E-state index contributed by atoms with van der Waals surface area (Å²) in [7, 11) is 4.09. The Balaban J connectivity index is 2.22. The normalized spacial score (nSPS) is 10.8. The third kappa shape index (κ3) is 6.57. The lowest BCUT2D eigenvalue weighted by Gasteiger charge is -2.10. The Bertz CT molecular complexity index is 438. The fraction of sp³-hybridized carbons (Fsp3) is 0.500. The number of amides is 1. The van der Waals surface area contributed by atoms with Gasteiger partial charge in [0.2, 0.25) is 5.91 Å². The summed E-state index contributed by atoms with van der Waals surface area (Å²) >= 11 is 11.9. The standard InChI is InChI=1S/C14H21Cl2N3O/c1-19(2)10-4-8-17-9-7-13(20)18-12-6-3-5-11(15)14(12)16/h3,5-6,17H,4,7-10H2,1-2H3,(H,18,20). The van der Waals surface area contributed by atoms with Crippen LogP contribution in [0, 0.1) is 0 Å². The molecule has 20 heavy (non-hydrogen) atoms. The molecule has 2 N–H and O–H groups in total. The second kappa shape index (κ2) is 9.19. The van der Waals surface area contributed by atoms with Gasteiger partial charge in [0.15, 0.2) is 0 Å². The van der Waals surface area contributed by atoms with Crippen molar-refractivity contribution in [2.75, 3.05) is 39.0 Å². The third-order valence-electron chi connectivity index (χ3n) is 2.71. The zero-order chi connectivity index (χ0) is 15.0. The van der Waals surface area contributed by atoms with Gasteiger partial charge in [-0.15, -0.1) is 0 Å². The minimum Gasteiger partial charge on any atom is -0.325 e. The number of carbonyl (C=O) groups is 1. The summed E-state index contributed by atoms with van der Waals surface area (Å²) in [5, 5.41) is 6.81. The maximum atomic E-state index is 11.8. The van der Waals surface area contributed by atoms with Crippen LogP contribution in [-0.2, 0) is 4.79 Å². The molecule has 0 saturated heterocycles. The molecule has 0 saturated carbocycles. The van der Waals surface area contributed by atoms with Crippen LogP contribution in [0.3, 0.4) is 0 Å². The van der Waals surface area contributed by atoms with Crippen LogP contribution in [0.1, 0.15) is 12.8 Å². The molecule has 0 aliphatic rings. The molecule has 0 atom stereocenters. The summed E-state index contributed by atoms with van der Waals surface area (Å²) in [4.78, 5) is 13.9. The molecule has 0 radical (unpaired) electrons. The van der Waals surface area contributed by atoms with Crippen LogP contribution >= 0.6 is 23.2 Å². The van der Waals surface area contributed by atoms with Crippen LogP contribution in [0.4, 0.5) is 5.69 Å². The van der Waals surface area contributed by atoms with Crippen LogP contribution < -0.4 is 10.6 Å². The quantitative estimate of drug-likeness (QED) is 0.725. The van der Waals surface area contributed by atoms with Gasteiger partial charge < -0.3 is 15.5 Å². The van der Waals surface area contributed by atoms with Crippen LogP contribution in [0.25, 0.3) is 0 Å². The number of benzene rings is 1. The molecule has 112 valence electrons. The minimum absolute atomic E-state index is 0.0747. The van der Waals surface area contributed by atoms with E-state index in [1.807, 2.05) is 14.1 Å². The maximum absolute atomic E-state index is 11.8. The van der Waals surface area contributed by atoms with Crippen molar-refractivity contribution >= 4 is 34.8 Å². The second-order valence-corrected chi connectivity index (χ2v) is 5.59. The van der Waals surface area contributed by atoms with Crippen LogP contribution in [0.5, 0.6) is 0 Å². The van der Waals surface area contributed by atoms with E-state index < -0.39 is 0 Å². The topological polar surface area (TPSA) is 44.4 Å². The number of nitrogens with zero attached hydrogens (tertiary/aromatic N) is 1. The van der Waals surface area contributed by atoms with Crippen LogP contribution in [-0.4, -0.2) is 44.5 Å². The fourth-order valence-corrected chi connectivity index (χ4v) is 2.01. The van der Waals surface area contributed by atoms with Gasteiger partial charge in [0.05, 0.1) is 15.7 Å². The van der Waals surface area contributed by atoms with E-state index in [1.165, 1.54) is 0 Å². The molecule has 0 aromatic heterocycles. The van der Waals surface area contributed by atoms with Crippen LogP contribution in [0.15, 0.2) is 18.2 Å². The van der Waals surface area contributed by atoms with Crippen molar-refractivity contribution in [3.05, 3.63) is 28.2 Å². The van der Waals surface area contributed by atoms with E-state index in [9.17, 15) is 4.79 Å². The zero-order valence-electron chi connectivity index (χ0n) is 11.9. The van der Waals surface area contributed by atoms with Crippen molar-refractivity contribution in [1.29, 1.82) is 0 Å². The van der Waals surface area contributed by atoms with Crippen molar-refractivity contribution in [3.8, 4) is 0 Å². The van der Waals surface area contributed by atoms with Gasteiger partial charge in [-0.3, -0.25) is 4.79 Å². The molecule has 0 fully saturated rings. The summed E-state index contributed by atoms with van der Waals surface area (Å²) < 4.78 is 0. The first-order valence-electron chi connectivity index (χ1n) is 6.60. The molecule has 0 bridgehead atoms. The fourth-order valence-electron chi connectivity index (χ4n) is 1.66. The van der Waals surface area contributed by atoms with E-state index in [1.54, 1.807) is 18.2 Å². The highest BCUT2D eigenvalue weighted by molar-refractivity contribution is 6.43. The Morgan fingerprint density at radius 1 is 1.25 bits per heavy atom. The zero-order valence-corrected chi connectivity index (χ0v) is 13.4. The summed E-state index contributed by atoms with van der Waals surface area (Å²) in [5.74, 6) is -0.0747. The van der Waals surface area contributed by atoms with Gasteiger partial charge in [-0.2, -0.15) is 0 Å². The van der Waals surface area contributed by atoms with Gasteiger partial charge in [-0.25, -0.2) is 0 Å². The van der Waals surface area contributed by atoms with Gasteiger partial charge in [0.1, 0.15) is 0 Å². The molecule has 0 unspecified atom stereocenters. The predicted molar refractivity (Wildman–Crippen MR) is 85.7 cm³/mol. The average molecular weight is 318 g/mol. The van der Waals surface area contributed by atoms with Gasteiger partial charge in [0.25, 0.3) is 0 Å². The number of hydrogen-bond acceptors (Lipinski definition) is 3. The lowest BCUT2D eigenvalue weighted by atomic mass is 10.3. The lowest BCUT2D eigenvalue weighted by molar-refractivity contribution is -0.116. The molecule has 0 aliphatic carbocycles. The Labute approximate surface area is 130 Å². The maximum Gasteiger partial charge on any atom is 0.225 e. The molecule has 1 aromatic carbocycles. The Morgan fingerprint density at radius 2 is 2.00 bits per heavy atom. The second-order valence-electron chi connectivity index (χ2n) is 4.81. The molecule has 1 rings (SSSR count). The molecular weight excluding hydrogens is 297 g/mol. The highest BCUT2D eigenvalue weighted by Crippen LogP contribution is 2.29. The smallest absolute Gasteiger partial charge is 0.225 e. The van der Waals surface area contributed by atoms with Crippen LogP contribution in [0.2, 0.25) is 10.0 Å². The van der Waals surface area contributed by atoms with Gasteiger partial charge in [0, 0.05) is 13.0 Å². The Kier molecular flexibility index (Phi) is 7.92. The average Bonchev–Trinajstić information content (AvgIpc) is 2.39. The summed E-state index contributed by atoms with van der Waals surface area (Å²) in [6, 6.07) is 5.17. The largest absolute Gasteiger partial charge is 0.325 e. The number of anilines is 1. The first-order chi connectivity index (χ1) is 9.50. The van der Waals surface area contributed by atoms with E-state index in [0.29, 0.717) is 28.7 Å². The summed E-state index contributed by atoms with van der Waals surface area (Å²) in [6.45, 7) is 2.60. The SMILES string of the molecule is CN(C)CCCNCCC(=O)Nc1cccc(Cl)c1Cl. The Hall–Kier alpha value is -0.810. The lowest BCUT2D eigenvalue weighted by Crippen LogP contribution is -2.25. The first kappa shape index (κ1) is 17.2. The van der Waals surface area contributed by atoms with Crippen molar-refractivity contribution in [3.63, 3.8) is 0 Å². The molecule has 6 heteroatoms. The highest BCUT2D eigenvalue weighted by Gasteiger charge is 2.07. The molecule has 0 spiro atoms. The van der Waals surface area contributed by atoms with E-state index in [4.69, 9.17) is 23.2 Å². The number of hydrogen-bond donors (Lipinski definition) is 2. The Morgan fingerprint density at radius 3 is 2.70 bits per heavy atom. The molecule has 0 heterocycles. The summed E-state index contributed by atoms with van der Waals surface area (Å²) in [5.41, 5.74) is 0.553. The molecule has 1 aromatic rings. The van der Waals surface area contributed by atoms with E-state index in [2.05, 4.69) is 15.5 Å². The van der Waals surface area contributed by atoms with Gasteiger partial charge >= 0.3 is 0 Å². The number of rotatable bonds is 8. The van der Waals surface area contributed by atoms with E-state index in [-0.39, 0.29) is 5.91 Å². The predicted octanol–water partition coefficient (Wildman–Crippen LogP) is 2.86. The first-order valence-corrected chi connectivity index (χ1v) is 7.35. The number of halogens is 2. The van der Waals surface area contributed by atoms with Crippen molar-refractivity contribution in [2.45, 2.75) is 12.8 Å². The molecule has 1 amide bonds. The van der Waals surface area contributed by atoms with Crippen molar-refractivity contribution < 1.29 is 4.79 Å². The summed E-state index contributed by atoms with van der Waals surface area (Å²) in [6.07, 6.45) is 1.47. The van der Waals surface area contributed by atoms with Crippen molar-refractivity contribution in [1.82, 2.24) is 10.2 Å². The number of carbonyl (C=O) groups excluding carboxylic acids is 1. The van der Waals surface area contributed by atoms with Crippen molar-refractivity contribution in [2.24, 2.45) is 0 Å². The van der Waals surface area contributed by atoms with E-state index >= 15 is 0 Å². The molecular formula is C14H21Cl2N3O. The van der Waals surface area contributed by atoms with E-state index in [0.717, 1.165) is 19.5 Å². The molecule has 4 nitrogen and oxygen atoms in total. The van der Waals surface area contributed by atoms with Gasteiger partial charge in [-0.05, 0) is 45.7 Å².